The highest BCUT2D eigenvalue weighted by molar-refractivity contribution is 6.34. The normalized spacial score (nSPS) is 11.1. The Morgan fingerprint density at radius 2 is 1.00 bits per heavy atom. The van der Waals surface area contributed by atoms with E-state index in [9.17, 15) is 5.02 Å². The van der Waals surface area contributed by atoms with Gasteiger partial charge in [-0.2, -0.15) is 0 Å². The van der Waals surface area contributed by atoms with Gasteiger partial charge in [0, 0.05) is 0 Å². The number of hydrogen-bond donors (Lipinski definition) is 1. The Hall–Kier alpha value is -2.66. The van der Waals surface area contributed by atoms with Crippen molar-refractivity contribution in [2.24, 2.45) is 0 Å². The molecule has 0 aliphatic carbocycles. The van der Waals surface area contributed by atoms with Crippen molar-refractivity contribution < 1.29 is 14.3 Å². The maximum absolute atomic E-state index is 10.1. The summed E-state index contributed by atoms with van der Waals surface area (Å²) in [4.78, 5) is 0. The van der Waals surface area contributed by atoms with Crippen molar-refractivity contribution in [1.29, 1.82) is 0 Å². The fourth-order valence-corrected chi connectivity index (χ4v) is 3.21. The lowest BCUT2D eigenvalue weighted by molar-refractivity contribution is 0.120. The lowest BCUT2D eigenvalue weighted by Gasteiger charge is -2.12. The van der Waals surface area contributed by atoms with E-state index in [0.717, 1.165) is 32.7 Å². The summed E-state index contributed by atoms with van der Waals surface area (Å²) in [6.07, 6.45) is 0. The van der Waals surface area contributed by atoms with Gasteiger partial charge < -0.3 is 14.3 Å². The van der Waals surface area contributed by atoms with Crippen LogP contribution in [0.4, 0.5) is 0 Å². The third-order valence-electron chi connectivity index (χ3n) is 4.52. The average Bonchev–Trinajstić information content (AvgIpc) is 2.70. The molecule has 0 saturated carbocycles. The minimum Gasteiger partial charge on any atom is -0.402 e. The molecule has 26 heavy (non-hydrogen) atoms. The number of rotatable bonds is 6. The number of benzene rings is 4. The zero-order valence-corrected chi connectivity index (χ0v) is 14.3. The Morgan fingerprint density at radius 3 is 1.50 bits per heavy atom. The molecule has 0 fully saturated rings. The van der Waals surface area contributed by atoms with E-state index in [1.54, 1.807) is 0 Å². The van der Waals surface area contributed by atoms with Gasteiger partial charge in [0.25, 0.3) is 0 Å². The molecule has 0 aromatic heterocycles. The molecule has 4 aromatic carbocycles. The maximum Gasteiger partial charge on any atom is 0.637 e. The summed E-state index contributed by atoms with van der Waals surface area (Å²) in [7, 11) is -1.27. The molecule has 1 N–H and O–H groups in total. The zero-order chi connectivity index (χ0) is 17.8. The largest absolute Gasteiger partial charge is 0.637 e. The molecule has 0 aliphatic rings. The Morgan fingerprint density at radius 1 is 0.577 bits per heavy atom. The highest BCUT2D eigenvalue weighted by atomic mass is 16.7. The molecule has 4 aromatic rings. The van der Waals surface area contributed by atoms with Gasteiger partial charge in [0.2, 0.25) is 0 Å². The van der Waals surface area contributed by atoms with Gasteiger partial charge in [-0.15, -0.1) is 0 Å². The number of fused-ring (bicyclic) bond motifs is 2. The van der Waals surface area contributed by atoms with E-state index in [1.165, 1.54) is 0 Å². The molecule has 0 heterocycles. The van der Waals surface area contributed by atoms with Crippen LogP contribution in [0.25, 0.3) is 21.5 Å². The van der Waals surface area contributed by atoms with Crippen molar-refractivity contribution in [3.8, 4) is 0 Å². The van der Waals surface area contributed by atoms with Crippen LogP contribution in [0.2, 0.25) is 0 Å². The lowest BCUT2D eigenvalue weighted by atomic mass is 10.0. The first-order valence-electron chi connectivity index (χ1n) is 8.66. The Bertz CT molecular complexity index is 938. The molecular weight excluding hydrogens is 323 g/mol. The molecule has 0 unspecified atom stereocenters. The molecule has 0 atom stereocenters. The predicted octanol–water partition coefficient (Wildman–Crippen LogP) is 4.70. The second-order valence-corrected chi connectivity index (χ2v) is 6.21. The second-order valence-electron chi connectivity index (χ2n) is 6.21. The highest BCUT2D eigenvalue weighted by Gasteiger charge is 2.17. The van der Waals surface area contributed by atoms with E-state index in [2.05, 4.69) is 36.4 Å². The molecule has 128 valence electrons. The maximum atomic E-state index is 10.1. The van der Waals surface area contributed by atoms with Crippen LogP contribution in [0.5, 0.6) is 0 Å². The molecule has 3 nitrogen and oxygen atoms in total. The van der Waals surface area contributed by atoms with Crippen LogP contribution in [0.3, 0.4) is 0 Å². The molecule has 4 heteroatoms. The summed E-state index contributed by atoms with van der Waals surface area (Å²) < 4.78 is 11.0. The average molecular weight is 342 g/mol. The Balaban J connectivity index is 1.40. The van der Waals surface area contributed by atoms with Crippen molar-refractivity contribution in [2.75, 3.05) is 0 Å². The van der Waals surface area contributed by atoms with Crippen molar-refractivity contribution >= 4 is 28.9 Å². The molecule has 0 amide bonds. The van der Waals surface area contributed by atoms with E-state index in [4.69, 9.17) is 9.31 Å². The molecule has 0 aliphatic heterocycles. The Labute approximate surface area is 153 Å². The fourth-order valence-electron chi connectivity index (χ4n) is 3.21. The smallest absolute Gasteiger partial charge is 0.402 e. The van der Waals surface area contributed by atoms with Crippen LogP contribution in [0.15, 0.2) is 84.9 Å². The standard InChI is InChI=1S/C22H19BO3/c24-23(25-15-19-11-5-9-17-7-1-3-13-21(17)19)26-16-20-12-6-10-18-8-2-4-14-22(18)20/h1-14,24H,15-16H2. The predicted molar refractivity (Wildman–Crippen MR) is 105 cm³/mol. The summed E-state index contributed by atoms with van der Waals surface area (Å²) in [5.74, 6) is 0. The van der Waals surface area contributed by atoms with E-state index in [1.807, 2.05) is 48.5 Å². The molecule has 0 bridgehead atoms. The summed E-state index contributed by atoms with van der Waals surface area (Å²) in [5, 5.41) is 14.6. The van der Waals surface area contributed by atoms with Gasteiger partial charge in [-0.05, 0) is 32.7 Å². The lowest BCUT2D eigenvalue weighted by Crippen LogP contribution is -2.22. The van der Waals surface area contributed by atoms with Crippen LogP contribution >= 0.6 is 0 Å². The van der Waals surface area contributed by atoms with Crippen molar-refractivity contribution in [1.82, 2.24) is 0 Å². The van der Waals surface area contributed by atoms with Crippen LogP contribution in [-0.2, 0) is 22.5 Å². The summed E-state index contributed by atoms with van der Waals surface area (Å²) in [6.45, 7) is 0.579. The minimum atomic E-state index is -1.27. The summed E-state index contributed by atoms with van der Waals surface area (Å²) in [5.41, 5.74) is 2.05. The van der Waals surface area contributed by atoms with Gasteiger partial charge in [0.05, 0.1) is 13.2 Å². The van der Waals surface area contributed by atoms with Gasteiger partial charge in [0.15, 0.2) is 0 Å². The summed E-state index contributed by atoms with van der Waals surface area (Å²) >= 11 is 0. The third-order valence-corrected chi connectivity index (χ3v) is 4.52. The van der Waals surface area contributed by atoms with Gasteiger partial charge >= 0.3 is 7.32 Å². The molecule has 0 radical (unpaired) electrons. The Kier molecular flexibility index (Phi) is 4.98. The quantitative estimate of drug-likeness (QED) is 0.516. The number of hydrogen-bond acceptors (Lipinski definition) is 3. The van der Waals surface area contributed by atoms with Gasteiger partial charge in [-0.3, -0.25) is 0 Å². The van der Waals surface area contributed by atoms with E-state index in [-0.39, 0.29) is 13.2 Å². The molecule has 0 saturated heterocycles. The topological polar surface area (TPSA) is 38.7 Å². The van der Waals surface area contributed by atoms with E-state index < -0.39 is 7.32 Å². The fraction of sp³-hybridized carbons (Fsp3) is 0.0909. The van der Waals surface area contributed by atoms with Crippen molar-refractivity contribution in [3.63, 3.8) is 0 Å². The monoisotopic (exact) mass is 342 g/mol. The first-order chi connectivity index (χ1) is 12.8. The summed E-state index contributed by atoms with van der Waals surface area (Å²) in [6, 6.07) is 28.4. The first kappa shape index (κ1) is 16.8. The van der Waals surface area contributed by atoms with Crippen LogP contribution < -0.4 is 0 Å². The molecule has 4 rings (SSSR count). The van der Waals surface area contributed by atoms with E-state index >= 15 is 0 Å². The van der Waals surface area contributed by atoms with Crippen LogP contribution in [-0.4, -0.2) is 12.3 Å². The van der Waals surface area contributed by atoms with Gasteiger partial charge in [0.1, 0.15) is 0 Å². The SMILES string of the molecule is OB(OCc1cccc2ccccc12)OCc1cccc2ccccc12. The van der Waals surface area contributed by atoms with Crippen LogP contribution in [0.1, 0.15) is 11.1 Å². The molecular formula is C22H19BO3. The van der Waals surface area contributed by atoms with E-state index in [0.29, 0.717) is 0 Å². The zero-order valence-electron chi connectivity index (χ0n) is 14.3. The second kappa shape index (κ2) is 7.71. The first-order valence-corrected chi connectivity index (χ1v) is 8.66. The highest BCUT2D eigenvalue weighted by Crippen LogP contribution is 2.21. The van der Waals surface area contributed by atoms with Gasteiger partial charge in [-0.1, -0.05) is 84.9 Å². The van der Waals surface area contributed by atoms with Gasteiger partial charge in [-0.25, -0.2) is 0 Å². The van der Waals surface area contributed by atoms with Crippen molar-refractivity contribution in [3.05, 3.63) is 96.1 Å². The van der Waals surface area contributed by atoms with Crippen LogP contribution in [0, 0.1) is 0 Å². The minimum absolute atomic E-state index is 0.290. The third kappa shape index (κ3) is 3.63. The molecule has 0 spiro atoms. The van der Waals surface area contributed by atoms with Crippen molar-refractivity contribution in [2.45, 2.75) is 13.2 Å².